The van der Waals surface area contributed by atoms with Gasteiger partial charge in [0.2, 0.25) is 5.95 Å². The van der Waals surface area contributed by atoms with Gasteiger partial charge in [-0.1, -0.05) is 25.3 Å². The number of hydrogen-bond donors (Lipinski definition) is 2. The highest BCUT2D eigenvalue weighted by molar-refractivity contribution is 5.92. The molecule has 0 unspecified atom stereocenters. The number of rotatable bonds is 3. The van der Waals surface area contributed by atoms with Crippen molar-refractivity contribution in [2.75, 3.05) is 11.1 Å². The van der Waals surface area contributed by atoms with Crippen LogP contribution in [0.2, 0.25) is 0 Å². The SMILES string of the molecule is Nc1cccc2c1ccn2-c1ccnc(NC2CCCCC2)n1. The molecule has 1 fully saturated rings. The molecule has 0 bridgehead atoms. The minimum atomic E-state index is 0.496. The summed E-state index contributed by atoms with van der Waals surface area (Å²) in [5.41, 5.74) is 7.89. The van der Waals surface area contributed by atoms with Crippen LogP contribution in [-0.4, -0.2) is 20.6 Å². The average molecular weight is 307 g/mol. The van der Waals surface area contributed by atoms with Gasteiger partial charge in [-0.15, -0.1) is 0 Å². The molecule has 1 aliphatic rings. The quantitative estimate of drug-likeness (QED) is 0.723. The van der Waals surface area contributed by atoms with Gasteiger partial charge < -0.3 is 15.6 Å². The zero-order valence-electron chi connectivity index (χ0n) is 13.1. The Morgan fingerprint density at radius 2 is 1.96 bits per heavy atom. The molecule has 0 aliphatic heterocycles. The highest BCUT2D eigenvalue weighted by atomic mass is 15.2. The maximum atomic E-state index is 6.04. The fraction of sp³-hybridized carbons (Fsp3) is 0.333. The van der Waals surface area contributed by atoms with Crippen molar-refractivity contribution in [3.05, 3.63) is 42.7 Å². The molecule has 3 N–H and O–H groups in total. The predicted molar refractivity (Wildman–Crippen MR) is 93.8 cm³/mol. The molecular formula is C18H21N5. The topological polar surface area (TPSA) is 68.8 Å². The number of benzene rings is 1. The minimum absolute atomic E-state index is 0.496. The summed E-state index contributed by atoms with van der Waals surface area (Å²) in [6.45, 7) is 0. The second kappa shape index (κ2) is 5.91. The summed E-state index contributed by atoms with van der Waals surface area (Å²) in [7, 11) is 0. The van der Waals surface area contributed by atoms with Gasteiger partial charge in [0, 0.05) is 29.5 Å². The molecule has 0 atom stereocenters. The first-order valence-electron chi connectivity index (χ1n) is 8.27. The third-order valence-electron chi connectivity index (χ3n) is 4.59. The van der Waals surface area contributed by atoms with E-state index in [0.29, 0.717) is 12.0 Å². The molecule has 23 heavy (non-hydrogen) atoms. The van der Waals surface area contributed by atoms with Crippen molar-refractivity contribution in [2.45, 2.75) is 38.1 Å². The lowest BCUT2D eigenvalue weighted by atomic mass is 9.96. The van der Waals surface area contributed by atoms with Crippen molar-refractivity contribution in [3.8, 4) is 5.82 Å². The predicted octanol–water partition coefficient (Wildman–Crippen LogP) is 3.75. The van der Waals surface area contributed by atoms with Crippen LogP contribution in [0.25, 0.3) is 16.7 Å². The van der Waals surface area contributed by atoms with E-state index in [2.05, 4.69) is 25.9 Å². The van der Waals surface area contributed by atoms with Crippen molar-refractivity contribution in [3.63, 3.8) is 0 Å². The lowest BCUT2D eigenvalue weighted by molar-refractivity contribution is 0.461. The van der Waals surface area contributed by atoms with E-state index >= 15 is 0 Å². The van der Waals surface area contributed by atoms with Gasteiger partial charge in [0.05, 0.1) is 5.52 Å². The first-order valence-corrected chi connectivity index (χ1v) is 8.27. The maximum Gasteiger partial charge on any atom is 0.224 e. The summed E-state index contributed by atoms with van der Waals surface area (Å²) in [5, 5.41) is 4.53. The fourth-order valence-corrected chi connectivity index (χ4v) is 3.37. The second-order valence-electron chi connectivity index (χ2n) is 6.18. The molecule has 1 aromatic carbocycles. The largest absolute Gasteiger partial charge is 0.398 e. The van der Waals surface area contributed by atoms with Crippen LogP contribution in [0.4, 0.5) is 11.6 Å². The maximum absolute atomic E-state index is 6.04. The Balaban J connectivity index is 1.66. The minimum Gasteiger partial charge on any atom is -0.398 e. The zero-order valence-corrected chi connectivity index (χ0v) is 13.1. The molecule has 0 spiro atoms. The Labute approximate surface area is 135 Å². The van der Waals surface area contributed by atoms with Crippen LogP contribution in [0, 0.1) is 0 Å². The smallest absolute Gasteiger partial charge is 0.224 e. The number of nitrogens with two attached hydrogens (primary N) is 1. The Kier molecular flexibility index (Phi) is 3.61. The van der Waals surface area contributed by atoms with Gasteiger partial charge in [0.15, 0.2) is 0 Å². The molecular weight excluding hydrogens is 286 g/mol. The van der Waals surface area contributed by atoms with Crippen molar-refractivity contribution in [1.82, 2.24) is 14.5 Å². The van der Waals surface area contributed by atoms with E-state index in [1.807, 2.05) is 36.7 Å². The number of nitrogen functional groups attached to an aromatic ring is 1. The normalized spacial score (nSPS) is 15.8. The van der Waals surface area contributed by atoms with E-state index in [1.165, 1.54) is 32.1 Å². The molecule has 0 saturated heterocycles. The number of aromatic nitrogens is 3. The monoisotopic (exact) mass is 307 g/mol. The van der Waals surface area contributed by atoms with E-state index in [-0.39, 0.29) is 0 Å². The van der Waals surface area contributed by atoms with Crippen LogP contribution in [0.1, 0.15) is 32.1 Å². The van der Waals surface area contributed by atoms with Gasteiger partial charge in [-0.05, 0) is 37.1 Å². The highest BCUT2D eigenvalue weighted by Crippen LogP contribution is 2.25. The van der Waals surface area contributed by atoms with Crippen molar-refractivity contribution in [1.29, 1.82) is 0 Å². The average Bonchev–Trinajstić information content (AvgIpc) is 3.02. The molecule has 3 aromatic rings. The Bertz CT molecular complexity index is 817. The molecule has 0 radical (unpaired) electrons. The zero-order chi connectivity index (χ0) is 15.6. The summed E-state index contributed by atoms with van der Waals surface area (Å²) in [6, 6.07) is 10.4. The molecule has 118 valence electrons. The number of fused-ring (bicyclic) bond motifs is 1. The molecule has 1 aliphatic carbocycles. The van der Waals surface area contributed by atoms with Crippen LogP contribution in [0.15, 0.2) is 42.7 Å². The first kappa shape index (κ1) is 14.1. The summed E-state index contributed by atoms with van der Waals surface area (Å²) in [6.07, 6.45) is 10.2. The Hall–Kier alpha value is -2.56. The molecule has 2 aromatic heterocycles. The van der Waals surface area contributed by atoms with E-state index in [9.17, 15) is 0 Å². The van der Waals surface area contributed by atoms with E-state index in [1.54, 1.807) is 0 Å². The van der Waals surface area contributed by atoms with Crippen LogP contribution in [0.5, 0.6) is 0 Å². The van der Waals surface area contributed by atoms with Gasteiger partial charge in [-0.25, -0.2) is 4.98 Å². The lowest BCUT2D eigenvalue weighted by Gasteiger charge is -2.22. The fourth-order valence-electron chi connectivity index (χ4n) is 3.37. The molecule has 5 nitrogen and oxygen atoms in total. The first-order chi connectivity index (χ1) is 11.3. The van der Waals surface area contributed by atoms with E-state index in [4.69, 9.17) is 5.73 Å². The second-order valence-corrected chi connectivity index (χ2v) is 6.18. The van der Waals surface area contributed by atoms with Gasteiger partial charge in [-0.2, -0.15) is 4.98 Å². The van der Waals surface area contributed by atoms with Crippen molar-refractivity contribution < 1.29 is 0 Å². The molecule has 4 rings (SSSR count). The Morgan fingerprint density at radius 3 is 2.83 bits per heavy atom. The van der Waals surface area contributed by atoms with E-state index in [0.717, 1.165) is 22.4 Å². The van der Waals surface area contributed by atoms with Gasteiger partial charge in [0.1, 0.15) is 5.82 Å². The third-order valence-corrected chi connectivity index (χ3v) is 4.59. The lowest BCUT2D eigenvalue weighted by Crippen LogP contribution is -2.23. The number of nitrogens with zero attached hydrogens (tertiary/aromatic N) is 3. The molecule has 0 amide bonds. The third kappa shape index (κ3) is 2.74. The number of hydrogen-bond acceptors (Lipinski definition) is 4. The molecule has 5 heteroatoms. The summed E-state index contributed by atoms with van der Waals surface area (Å²) in [4.78, 5) is 9.07. The van der Waals surface area contributed by atoms with Crippen LogP contribution in [0.3, 0.4) is 0 Å². The number of nitrogens with one attached hydrogen (secondary N) is 1. The summed E-state index contributed by atoms with van der Waals surface area (Å²) < 4.78 is 2.05. The van der Waals surface area contributed by atoms with Gasteiger partial charge in [-0.3, -0.25) is 0 Å². The van der Waals surface area contributed by atoms with Crippen molar-refractivity contribution in [2.24, 2.45) is 0 Å². The number of anilines is 2. The van der Waals surface area contributed by atoms with Crippen molar-refractivity contribution >= 4 is 22.5 Å². The Morgan fingerprint density at radius 1 is 1.09 bits per heavy atom. The molecule has 1 saturated carbocycles. The van der Waals surface area contributed by atoms with Gasteiger partial charge >= 0.3 is 0 Å². The van der Waals surface area contributed by atoms with Gasteiger partial charge in [0.25, 0.3) is 0 Å². The highest BCUT2D eigenvalue weighted by Gasteiger charge is 2.14. The summed E-state index contributed by atoms with van der Waals surface area (Å²) >= 11 is 0. The van der Waals surface area contributed by atoms with Crippen LogP contribution in [-0.2, 0) is 0 Å². The van der Waals surface area contributed by atoms with E-state index < -0.39 is 0 Å². The van der Waals surface area contributed by atoms with Crippen LogP contribution >= 0.6 is 0 Å². The van der Waals surface area contributed by atoms with Crippen LogP contribution < -0.4 is 11.1 Å². The standard InChI is InChI=1S/C18H21N5/c19-15-7-4-8-16-14(15)10-12-23(16)17-9-11-20-18(22-17)21-13-5-2-1-3-6-13/h4,7-13H,1-3,5-6,19H2,(H,20,21,22). The molecule has 2 heterocycles. The summed E-state index contributed by atoms with van der Waals surface area (Å²) in [5.74, 6) is 1.57.